The Morgan fingerprint density at radius 3 is 2.65 bits per heavy atom. The lowest BCUT2D eigenvalue weighted by Crippen LogP contribution is -2.23. The topological polar surface area (TPSA) is 81.1 Å². The van der Waals surface area contributed by atoms with Gasteiger partial charge in [0.1, 0.15) is 5.82 Å². The van der Waals surface area contributed by atoms with Crippen LogP contribution in [0.15, 0.2) is 18.2 Å². The largest absolute Gasteiger partial charge is 0.310 e. The fraction of sp³-hybridized carbons (Fsp3) is 0.474. The van der Waals surface area contributed by atoms with Gasteiger partial charge in [0.25, 0.3) is 0 Å². The molecule has 1 N–H and O–H groups in total. The molecule has 0 saturated heterocycles. The van der Waals surface area contributed by atoms with Crippen LogP contribution in [-0.4, -0.2) is 24.1 Å². The van der Waals surface area contributed by atoms with Crippen LogP contribution in [0.5, 0.6) is 0 Å². The molecule has 2 heterocycles. The van der Waals surface area contributed by atoms with E-state index in [1.165, 1.54) is 0 Å². The van der Waals surface area contributed by atoms with Gasteiger partial charge < -0.3 is 5.32 Å². The lowest BCUT2D eigenvalue weighted by atomic mass is 10.1. The molecule has 1 aromatic carbocycles. The van der Waals surface area contributed by atoms with Gasteiger partial charge in [0.05, 0.1) is 22.9 Å². The number of sulfone groups is 1. The summed E-state index contributed by atoms with van der Waals surface area (Å²) >= 11 is 0. The maximum atomic E-state index is 12.7. The molecule has 0 unspecified atom stereocenters. The molecule has 6 nitrogen and oxygen atoms in total. The van der Waals surface area contributed by atoms with Crippen molar-refractivity contribution in [2.45, 2.75) is 51.0 Å². The molecule has 2 aromatic rings. The summed E-state index contributed by atoms with van der Waals surface area (Å²) in [5, 5.41) is 7.57. The highest BCUT2D eigenvalue weighted by molar-refractivity contribution is 7.90. The average Bonchev–Trinajstić information content (AvgIpc) is 3.27. The smallest absolute Gasteiger partial charge is 0.228 e. The Morgan fingerprint density at radius 1 is 1.19 bits per heavy atom. The predicted octanol–water partition coefficient (Wildman–Crippen LogP) is 3.05. The first-order valence-electron chi connectivity index (χ1n) is 9.04. The molecule has 1 aromatic heterocycles. The molecule has 26 heavy (non-hydrogen) atoms. The Bertz CT molecular complexity index is 986. The van der Waals surface area contributed by atoms with Gasteiger partial charge in [-0.1, -0.05) is 25.0 Å². The zero-order valence-corrected chi connectivity index (χ0v) is 15.9. The number of rotatable bonds is 3. The summed E-state index contributed by atoms with van der Waals surface area (Å²) in [7, 11) is -3.18. The number of carbonyl (C=O) groups excluding carboxylic acids is 1. The monoisotopic (exact) mass is 373 g/mol. The number of aryl methyl sites for hydroxylation is 1. The SMILES string of the molecule is Cc1cccc(-n2nc3c(c2NC(=O)C2CCCC2)CS(=O)(=O)C3)c1C. The summed E-state index contributed by atoms with van der Waals surface area (Å²) in [4.78, 5) is 12.7. The van der Waals surface area contributed by atoms with E-state index in [1.54, 1.807) is 4.68 Å². The molecule has 1 aliphatic heterocycles. The summed E-state index contributed by atoms with van der Waals surface area (Å²) in [6.45, 7) is 4.04. The highest BCUT2D eigenvalue weighted by Gasteiger charge is 2.34. The minimum Gasteiger partial charge on any atom is -0.310 e. The molecule has 138 valence electrons. The molecule has 0 bridgehead atoms. The van der Waals surface area contributed by atoms with Crippen LogP contribution in [0, 0.1) is 19.8 Å². The van der Waals surface area contributed by atoms with Crippen LogP contribution >= 0.6 is 0 Å². The maximum absolute atomic E-state index is 12.7. The van der Waals surface area contributed by atoms with E-state index >= 15 is 0 Å². The summed E-state index contributed by atoms with van der Waals surface area (Å²) in [5.74, 6) is 0.373. The fourth-order valence-electron chi connectivity index (χ4n) is 3.92. The van der Waals surface area contributed by atoms with E-state index in [0.717, 1.165) is 42.5 Å². The van der Waals surface area contributed by atoms with Crippen LogP contribution in [0.25, 0.3) is 5.69 Å². The third-order valence-corrected chi connectivity index (χ3v) is 7.00. The zero-order valence-electron chi connectivity index (χ0n) is 15.1. The zero-order chi connectivity index (χ0) is 18.5. The molecule has 1 fully saturated rings. The van der Waals surface area contributed by atoms with Crippen molar-refractivity contribution in [3.05, 3.63) is 40.6 Å². The molecule has 1 amide bonds. The lowest BCUT2D eigenvalue weighted by molar-refractivity contribution is -0.119. The van der Waals surface area contributed by atoms with Crippen LogP contribution in [0.2, 0.25) is 0 Å². The molecule has 0 radical (unpaired) electrons. The second kappa shape index (κ2) is 6.23. The lowest BCUT2D eigenvalue weighted by Gasteiger charge is -2.16. The van der Waals surface area contributed by atoms with Gasteiger partial charge in [-0.25, -0.2) is 13.1 Å². The van der Waals surface area contributed by atoms with Crippen molar-refractivity contribution in [1.82, 2.24) is 9.78 Å². The molecule has 0 spiro atoms. The summed E-state index contributed by atoms with van der Waals surface area (Å²) in [5.41, 5.74) is 4.25. The second-order valence-electron chi connectivity index (χ2n) is 7.41. The van der Waals surface area contributed by atoms with Crippen LogP contribution in [0.3, 0.4) is 0 Å². The van der Waals surface area contributed by atoms with Crippen molar-refractivity contribution >= 4 is 21.6 Å². The third kappa shape index (κ3) is 2.94. The highest BCUT2D eigenvalue weighted by Crippen LogP contribution is 2.35. The number of aromatic nitrogens is 2. The second-order valence-corrected chi connectivity index (χ2v) is 9.47. The molecule has 1 saturated carbocycles. The molecule has 7 heteroatoms. The Kier molecular flexibility index (Phi) is 4.14. The molecule has 1 aliphatic carbocycles. The van der Waals surface area contributed by atoms with Crippen molar-refractivity contribution in [2.24, 2.45) is 5.92 Å². The first-order chi connectivity index (χ1) is 12.4. The van der Waals surface area contributed by atoms with Crippen molar-refractivity contribution in [1.29, 1.82) is 0 Å². The third-order valence-electron chi connectivity index (χ3n) is 5.56. The van der Waals surface area contributed by atoms with Gasteiger partial charge in [0.15, 0.2) is 9.84 Å². The number of carbonyl (C=O) groups is 1. The number of nitrogens with zero attached hydrogens (tertiary/aromatic N) is 2. The predicted molar refractivity (Wildman–Crippen MR) is 100.0 cm³/mol. The van der Waals surface area contributed by atoms with Crippen molar-refractivity contribution in [3.63, 3.8) is 0 Å². The van der Waals surface area contributed by atoms with Crippen LogP contribution in [0.4, 0.5) is 5.82 Å². The number of hydrogen-bond acceptors (Lipinski definition) is 4. The highest BCUT2D eigenvalue weighted by atomic mass is 32.2. The minimum atomic E-state index is -3.18. The van der Waals surface area contributed by atoms with Gasteiger partial charge in [-0.15, -0.1) is 0 Å². The number of fused-ring (bicyclic) bond motifs is 1. The fourth-order valence-corrected chi connectivity index (χ4v) is 5.41. The number of hydrogen-bond donors (Lipinski definition) is 1. The van der Waals surface area contributed by atoms with Gasteiger partial charge in [-0.2, -0.15) is 5.10 Å². The minimum absolute atomic E-state index is 0.00520. The van der Waals surface area contributed by atoms with Gasteiger partial charge in [-0.3, -0.25) is 4.79 Å². The van der Waals surface area contributed by atoms with Gasteiger partial charge in [-0.05, 0) is 43.9 Å². The first-order valence-corrected chi connectivity index (χ1v) is 10.9. The van der Waals surface area contributed by atoms with E-state index in [9.17, 15) is 13.2 Å². The number of benzene rings is 1. The van der Waals surface area contributed by atoms with E-state index < -0.39 is 9.84 Å². The van der Waals surface area contributed by atoms with E-state index in [4.69, 9.17) is 0 Å². The first kappa shape index (κ1) is 17.3. The normalized spacial score (nSPS) is 18.8. The van der Waals surface area contributed by atoms with Gasteiger partial charge in [0, 0.05) is 11.5 Å². The number of anilines is 1. The Hall–Kier alpha value is -2.15. The van der Waals surface area contributed by atoms with Crippen LogP contribution < -0.4 is 5.32 Å². The van der Waals surface area contributed by atoms with E-state index in [1.807, 2.05) is 32.0 Å². The standard InChI is InChI=1S/C19H23N3O3S/c1-12-6-5-9-17(13(12)2)22-18(20-19(23)14-7-3-4-8-14)15-10-26(24,25)11-16(15)21-22/h5-6,9,14H,3-4,7-8,10-11H2,1-2H3,(H,20,23). The Balaban J connectivity index is 1.80. The number of amides is 1. The van der Waals surface area contributed by atoms with Crippen molar-refractivity contribution in [3.8, 4) is 5.69 Å². The molecule has 0 atom stereocenters. The Morgan fingerprint density at radius 2 is 1.92 bits per heavy atom. The van der Waals surface area contributed by atoms with Gasteiger partial charge in [0.2, 0.25) is 5.91 Å². The van der Waals surface area contributed by atoms with Crippen molar-refractivity contribution < 1.29 is 13.2 Å². The Labute approximate surface area is 153 Å². The van der Waals surface area contributed by atoms with E-state index in [-0.39, 0.29) is 23.3 Å². The van der Waals surface area contributed by atoms with E-state index in [0.29, 0.717) is 17.1 Å². The number of nitrogens with one attached hydrogen (secondary N) is 1. The summed E-state index contributed by atoms with van der Waals surface area (Å²) in [6.07, 6.45) is 3.93. The maximum Gasteiger partial charge on any atom is 0.228 e. The summed E-state index contributed by atoms with van der Waals surface area (Å²) < 4.78 is 25.8. The van der Waals surface area contributed by atoms with Crippen LogP contribution in [-0.2, 0) is 26.1 Å². The quantitative estimate of drug-likeness (QED) is 0.897. The average molecular weight is 373 g/mol. The molecule has 2 aliphatic rings. The summed E-state index contributed by atoms with van der Waals surface area (Å²) in [6, 6.07) is 5.92. The van der Waals surface area contributed by atoms with Crippen LogP contribution in [0.1, 0.15) is 48.1 Å². The van der Waals surface area contributed by atoms with Crippen molar-refractivity contribution in [2.75, 3.05) is 5.32 Å². The molecular weight excluding hydrogens is 350 g/mol. The molecule has 4 rings (SSSR count). The van der Waals surface area contributed by atoms with Gasteiger partial charge >= 0.3 is 0 Å². The molecular formula is C19H23N3O3S. The van der Waals surface area contributed by atoms with E-state index in [2.05, 4.69) is 10.4 Å².